The fourth-order valence-corrected chi connectivity index (χ4v) is 2.72. The summed E-state index contributed by atoms with van der Waals surface area (Å²) in [5.74, 6) is 0.657. The Kier molecular flexibility index (Phi) is 4.55. The Morgan fingerprint density at radius 2 is 2.04 bits per heavy atom. The van der Waals surface area contributed by atoms with E-state index in [9.17, 15) is 9.59 Å². The Balaban J connectivity index is 1.45. The van der Waals surface area contributed by atoms with Crippen molar-refractivity contribution in [2.24, 2.45) is 0 Å². The molecular weight excluding hydrogens is 360 g/mol. The van der Waals surface area contributed by atoms with E-state index in [1.807, 2.05) is 30.3 Å². The minimum atomic E-state index is -0.312. The zero-order valence-electron chi connectivity index (χ0n) is 14.9. The molecule has 2 N–H and O–H groups in total. The van der Waals surface area contributed by atoms with Crippen LogP contribution in [-0.4, -0.2) is 31.0 Å². The van der Waals surface area contributed by atoms with Crippen molar-refractivity contribution >= 4 is 5.91 Å². The second kappa shape index (κ2) is 7.31. The molecule has 0 saturated heterocycles. The van der Waals surface area contributed by atoms with Crippen LogP contribution < -0.4 is 10.9 Å². The van der Waals surface area contributed by atoms with Gasteiger partial charge in [0.2, 0.25) is 0 Å². The highest BCUT2D eigenvalue weighted by atomic mass is 16.5. The van der Waals surface area contributed by atoms with Gasteiger partial charge in [-0.25, -0.2) is 9.78 Å². The van der Waals surface area contributed by atoms with Crippen molar-refractivity contribution in [1.82, 2.24) is 30.5 Å². The first kappa shape index (κ1) is 17.4. The maximum absolute atomic E-state index is 12.5. The lowest BCUT2D eigenvalue weighted by Gasteiger charge is -2.04. The Morgan fingerprint density at radius 3 is 2.79 bits per heavy atom. The number of rotatable bonds is 5. The van der Waals surface area contributed by atoms with Crippen LogP contribution in [0.2, 0.25) is 0 Å². The molecule has 140 valence electrons. The first-order valence-corrected chi connectivity index (χ1v) is 8.52. The zero-order chi connectivity index (χ0) is 19.5. The van der Waals surface area contributed by atoms with Gasteiger partial charge < -0.3 is 9.84 Å². The fraction of sp³-hybridized carbons (Fsp3) is 0.105. The maximum Gasteiger partial charge on any atom is 0.264 e. The summed E-state index contributed by atoms with van der Waals surface area (Å²) in [6, 6.07) is 14.3. The second-order valence-electron chi connectivity index (χ2n) is 6.06. The summed E-state index contributed by atoms with van der Waals surface area (Å²) in [6.45, 7) is 1.94. The number of hydrogen-bond donors (Lipinski definition) is 2. The van der Waals surface area contributed by atoms with Crippen molar-refractivity contribution in [3.8, 4) is 17.1 Å². The second-order valence-corrected chi connectivity index (χ2v) is 6.06. The Bertz CT molecular complexity index is 1160. The summed E-state index contributed by atoms with van der Waals surface area (Å²) in [4.78, 5) is 23.6. The minimum absolute atomic E-state index is 0.195. The summed E-state index contributed by atoms with van der Waals surface area (Å²) in [5, 5.41) is 17.2. The molecule has 0 atom stereocenters. The number of nitrogens with zero attached hydrogens (tertiary/aromatic N) is 4. The Labute approximate surface area is 159 Å². The number of H-pyrrole nitrogens is 1. The molecule has 4 aromatic rings. The van der Waals surface area contributed by atoms with E-state index in [1.54, 1.807) is 13.0 Å². The molecule has 4 rings (SSSR count). The monoisotopic (exact) mass is 376 g/mol. The smallest absolute Gasteiger partial charge is 0.264 e. The Morgan fingerprint density at radius 1 is 1.21 bits per heavy atom. The molecule has 28 heavy (non-hydrogen) atoms. The highest BCUT2D eigenvalue weighted by Crippen LogP contribution is 2.18. The van der Waals surface area contributed by atoms with E-state index in [0.717, 1.165) is 5.56 Å². The van der Waals surface area contributed by atoms with E-state index in [1.165, 1.54) is 23.0 Å². The summed E-state index contributed by atoms with van der Waals surface area (Å²) in [7, 11) is 0. The number of aromatic amines is 1. The van der Waals surface area contributed by atoms with Gasteiger partial charge in [-0.15, -0.1) is 0 Å². The highest BCUT2D eigenvalue weighted by molar-refractivity contribution is 5.95. The molecule has 0 radical (unpaired) electrons. The number of aromatic nitrogens is 5. The number of benzene rings is 1. The van der Waals surface area contributed by atoms with Gasteiger partial charge in [0.15, 0.2) is 11.6 Å². The molecule has 1 aromatic carbocycles. The fourth-order valence-electron chi connectivity index (χ4n) is 2.72. The molecule has 0 bridgehead atoms. The molecule has 3 aromatic heterocycles. The van der Waals surface area contributed by atoms with Crippen LogP contribution in [0.5, 0.6) is 0 Å². The van der Waals surface area contributed by atoms with Gasteiger partial charge in [0.1, 0.15) is 5.69 Å². The number of carbonyl (C=O) groups excluding carboxylic acids is 1. The van der Waals surface area contributed by atoms with E-state index < -0.39 is 0 Å². The van der Waals surface area contributed by atoms with Gasteiger partial charge in [0.25, 0.3) is 11.5 Å². The van der Waals surface area contributed by atoms with E-state index in [2.05, 4.69) is 25.8 Å². The molecule has 0 aliphatic rings. The highest BCUT2D eigenvalue weighted by Gasteiger charge is 2.16. The topological polar surface area (TPSA) is 119 Å². The van der Waals surface area contributed by atoms with E-state index >= 15 is 0 Å². The summed E-state index contributed by atoms with van der Waals surface area (Å²) in [6.07, 6.45) is 1.45. The van der Waals surface area contributed by atoms with Gasteiger partial charge in [-0.1, -0.05) is 35.5 Å². The van der Waals surface area contributed by atoms with Gasteiger partial charge in [-0.3, -0.25) is 9.59 Å². The van der Waals surface area contributed by atoms with Gasteiger partial charge >= 0.3 is 0 Å². The van der Waals surface area contributed by atoms with Crippen LogP contribution in [0.1, 0.15) is 21.8 Å². The summed E-state index contributed by atoms with van der Waals surface area (Å²) in [5.41, 5.74) is 2.33. The van der Waals surface area contributed by atoms with Crippen molar-refractivity contribution in [3.05, 3.63) is 82.1 Å². The molecular formula is C19H16N6O3. The van der Waals surface area contributed by atoms with Crippen LogP contribution in [0, 0.1) is 6.92 Å². The molecule has 0 unspecified atom stereocenters. The van der Waals surface area contributed by atoms with Crippen molar-refractivity contribution in [2.45, 2.75) is 13.5 Å². The van der Waals surface area contributed by atoms with Gasteiger partial charge in [0, 0.05) is 17.7 Å². The van der Waals surface area contributed by atoms with Crippen LogP contribution in [0.25, 0.3) is 17.1 Å². The van der Waals surface area contributed by atoms with Gasteiger partial charge in [-0.05, 0) is 13.0 Å². The molecule has 0 spiro atoms. The normalized spacial score (nSPS) is 10.8. The van der Waals surface area contributed by atoms with Crippen molar-refractivity contribution in [3.63, 3.8) is 0 Å². The van der Waals surface area contributed by atoms with Crippen LogP contribution in [0.15, 0.2) is 64.0 Å². The molecule has 3 heterocycles. The lowest BCUT2D eigenvalue weighted by Crippen LogP contribution is -2.23. The largest absolute Gasteiger partial charge is 0.359 e. The molecule has 0 fully saturated rings. The molecule has 0 saturated carbocycles. The summed E-state index contributed by atoms with van der Waals surface area (Å²) >= 11 is 0. The standard InChI is InChI=1S/C19H16N6O3/c1-12-15(11-21-25(12)17-7-8-18(26)23-22-17)19(27)20-10-14-9-16(24-28-14)13-5-3-2-4-6-13/h2-9,11H,10H2,1H3,(H,20,27)(H,23,26). The Hall–Kier alpha value is -4.01. The molecule has 0 aliphatic carbocycles. The quantitative estimate of drug-likeness (QED) is 0.549. The van der Waals surface area contributed by atoms with Gasteiger partial charge in [-0.2, -0.15) is 10.2 Å². The molecule has 1 amide bonds. The summed E-state index contributed by atoms with van der Waals surface area (Å²) < 4.78 is 6.77. The predicted octanol–water partition coefficient (Wildman–Crippen LogP) is 1.85. The van der Waals surface area contributed by atoms with Crippen molar-refractivity contribution in [2.75, 3.05) is 0 Å². The number of nitrogens with one attached hydrogen (secondary N) is 2. The van der Waals surface area contributed by atoms with Crippen LogP contribution in [-0.2, 0) is 6.54 Å². The zero-order valence-corrected chi connectivity index (χ0v) is 14.9. The minimum Gasteiger partial charge on any atom is -0.359 e. The third-order valence-corrected chi connectivity index (χ3v) is 4.19. The average Bonchev–Trinajstić information content (AvgIpc) is 3.34. The third-order valence-electron chi connectivity index (χ3n) is 4.19. The van der Waals surface area contributed by atoms with Crippen molar-refractivity contribution in [1.29, 1.82) is 0 Å². The van der Waals surface area contributed by atoms with Crippen molar-refractivity contribution < 1.29 is 9.32 Å². The van der Waals surface area contributed by atoms with Gasteiger partial charge in [0.05, 0.1) is 24.0 Å². The lowest BCUT2D eigenvalue weighted by molar-refractivity contribution is 0.0946. The maximum atomic E-state index is 12.5. The van der Waals surface area contributed by atoms with E-state index in [-0.39, 0.29) is 18.0 Å². The van der Waals surface area contributed by atoms with Crippen LogP contribution in [0.3, 0.4) is 0 Å². The molecule has 9 heteroatoms. The molecule has 9 nitrogen and oxygen atoms in total. The van der Waals surface area contributed by atoms with Crippen LogP contribution >= 0.6 is 0 Å². The number of carbonyl (C=O) groups is 1. The SMILES string of the molecule is Cc1c(C(=O)NCc2cc(-c3ccccc3)no2)cnn1-c1ccc(=O)[nH]n1. The predicted molar refractivity (Wildman–Crippen MR) is 99.8 cm³/mol. The number of amides is 1. The average molecular weight is 376 g/mol. The molecule has 0 aliphatic heterocycles. The van der Waals surface area contributed by atoms with E-state index in [4.69, 9.17) is 4.52 Å². The van der Waals surface area contributed by atoms with Crippen LogP contribution in [0.4, 0.5) is 0 Å². The lowest BCUT2D eigenvalue weighted by atomic mass is 10.1. The van der Waals surface area contributed by atoms with E-state index in [0.29, 0.717) is 28.5 Å². The first-order chi connectivity index (χ1) is 13.6. The number of hydrogen-bond acceptors (Lipinski definition) is 6. The first-order valence-electron chi connectivity index (χ1n) is 8.52. The third kappa shape index (κ3) is 3.45.